The highest BCUT2D eigenvalue weighted by Gasteiger charge is 2.38. The van der Waals surface area contributed by atoms with Crippen LogP contribution in [0.1, 0.15) is 25.8 Å². The highest BCUT2D eigenvalue weighted by molar-refractivity contribution is 6.01. The van der Waals surface area contributed by atoms with E-state index in [1.165, 1.54) is 5.69 Å². The monoisotopic (exact) mass is 372 g/mol. The number of piperazine rings is 1. The number of nitrogens with zero attached hydrogens (tertiary/aromatic N) is 4. The second-order valence-corrected chi connectivity index (χ2v) is 7.68. The average molecular weight is 373 g/mol. The smallest absolute Gasteiger partial charge is 0.228 e. The maximum Gasteiger partial charge on any atom is 0.228 e. The number of carbonyl (C=O) groups is 2. The van der Waals surface area contributed by atoms with Crippen LogP contribution in [-0.4, -0.2) is 74.5 Å². The van der Waals surface area contributed by atoms with Crippen molar-refractivity contribution in [3.63, 3.8) is 0 Å². The summed E-state index contributed by atoms with van der Waals surface area (Å²) in [7, 11) is 2.08. The summed E-state index contributed by atoms with van der Waals surface area (Å²) < 4.78 is 0. The highest BCUT2D eigenvalue weighted by atomic mass is 16.2. The quantitative estimate of drug-likeness (QED) is 0.793. The van der Waals surface area contributed by atoms with Gasteiger partial charge in [0.15, 0.2) is 0 Å². The van der Waals surface area contributed by atoms with Gasteiger partial charge in [-0.3, -0.25) is 9.59 Å². The Kier molecular flexibility index (Phi) is 6.05. The molecule has 27 heavy (non-hydrogen) atoms. The number of carbonyl (C=O) groups excluding carboxylic acids is 2. The Morgan fingerprint density at radius 3 is 2.41 bits per heavy atom. The van der Waals surface area contributed by atoms with Gasteiger partial charge in [-0.25, -0.2) is 0 Å². The molecule has 2 aliphatic heterocycles. The van der Waals surface area contributed by atoms with Crippen LogP contribution in [0.15, 0.2) is 18.2 Å². The molecule has 0 bridgehead atoms. The summed E-state index contributed by atoms with van der Waals surface area (Å²) in [5.74, 6) is -0.0275. The Labute approximate surface area is 162 Å². The standard InChI is InChI=1S/C21H32N4O2/c1-5-23(6-2)18-7-8-19(16(3)13-18)25-15-17(14-20(25)26)21(27)24-11-9-22(4)10-12-24/h7-8,13,17H,5-6,9-12,14-15H2,1-4H3. The van der Waals surface area contributed by atoms with E-state index >= 15 is 0 Å². The Morgan fingerprint density at radius 1 is 1.15 bits per heavy atom. The molecule has 148 valence electrons. The van der Waals surface area contributed by atoms with Crippen molar-refractivity contribution >= 4 is 23.2 Å². The molecule has 0 N–H and O–H groups in total. The third-order valence-corrected chi connectivity index (χ3v) is 5.89. The minimum absolute atomic E-state index is 0.0566. The van der Waals surface area contributed by atoms with Crippen LogP contribution < -0.4 is 9.80 Å². The largest absolute Gasteiger partial charge is 0.372 e. The molecule has 2 amide bonds. The summed E-state index contributed by atoms with van der Waals surface area (Å²) in [4.78, 5) is 33.8. The summed E-state index contributed by atoms with van der Waals surface area (Å²) in [6, 6.07) is 6.26. The van der Waals surface area contributed by atoms with Crippen molar-refractivity contribution in [3.05, 3.63) is 23.8 Å². The van der Waals surface area contributed by atoms with Crippen LogP contribution in [0.2, 0.25) is 0 Å². The molecule has 0 spiro atoms. The van der Waals surface area contributed by atoms with E-state index in [9.17, 15) is 9.59 Å². The number of aryl methyl sites for hydroxylation is 1. The average Bonchev–Trinajstić information content (AvgIpc) is 3.04. The van der Waals surface area contributed by atoms with Gasteiger partial charge in [0.1, 0.15) is 0 Å². The maximum absolute atomic E-state index is 12.9. The van der Waals surface area contributed by atoms with Gasteiger partial charge < -0.3 is 19.6 Å². The van der Waals surface area contributed by atoms with Crippen LogP contribution in [0, 0.1) is 12.8 Å². The molecule has 2 heterocycles. The summed E-state index contributed by atoms with van der Waals surface area (Å²) in [6.45, 7) is 12.1. The Bertz CT molecular complexity index is 693. The van der Waals surface area contributed by atoms with E-state index in [1.807, 2.05) is 17.9 Å². The molecule has 2 fully saturated rings. The van der Waals surface area contributed by atoms with Crippen molar-refractivity contribution < 1.29 is 9.59 Å². The summed E-state index contributed by atoms with van der Waals surface area (Å²) in [6.07, 6.45) is 0.322. The van der Waals surface area contributed by atoms with Gasteiger partial charge in [0.2, 0.25) is 11.8 Å². The first-order valence-electron chi connectivity index (χ1n) is 10.1. The number of rotatable bonds is 5. The lowest BCUT2D eigenvalue weighted by molar-refractivity contribution is -0.137. The van der Waals surface area contributed by atoms with Crippen molar-refractivity contribution in [2.75, 3.05) is 62.7 Å². The van der Waals surface area contributed by atoms with E-state index in [0.29, 0.717) is 13.0 Å². The van der Waals surface area contributed by atoms with Crippen molar-refractivity contribution in [1.29, 1.82) is 0 Å². The minimum Gasteiger partial charge on any atom is -0.372 e. The van der Waals surface area contributed by atoms with Gasteiger partial charge in [0.05, 0.1) is 5.92 Å². The van der Waals surface area contributed by atoms with Crippen LogP contribution >= 0.6 is 0 Å². The number of hydrogen-bond acceptors (Lipinski definition) is 4. The Hall–Kier alpha value is -2.08. The second kappa shape index (κ2) is 8.30. The maximum atomic E-state index is 12.9. The van der Waals surface area contributed by atoms with E-state index < -0.39 is 0 Å². The zero-order valence-electron chi connectivity index (χ0n) is 17.1. The van der Waals surface area contributed by atoms with Crippen molar-refractivity contribution in [3.8, 4) is 0 Å². The Balaban J connectivity index is 1.71. The van der Waals surface area contributed by atoms with Gasteiger partial charge in [0, 0.05) is 63.6 Å². The highest BCUT2D eigenvalue weighted by Crippen LogP contribution is 2.31. The van der Waals surface area contributed by atoms with Gasteiger partial charge in [-0.15, -0.1) is 0 Å². The third kappa shape index (κ3) is 4.10. The van der Waals surface area contributed by atoms with Crippen LogP contribution in [-0.2, 0) is 9.59 Å². The summed E-state index contributed by atoms with van der Waals surface area (Å²) >= 11 is 0. The minimum atomic E-state index is -0.220. The first kappa shape index (κ1) is 19.7. The SMILES string of the molecule is CCN(CC)c1ccc(N2CC(C(=O)N3CCN(C)CC3)CC2=O)c(C)c1. The summed E-state index contributed by atoms with van der Waals surface area (Å²) in [5.41, 5.74) is 3.20. The van der Waals surface area contributed by atoms with E-state index in [4.69, 9.17) is 0 Å². The topological polar surface area (TPSA) is 47.1 Å². The van der Waals surface area contributed by atoms with Gasteiger partial charge in [-0.05, 0) is 51.6 Å². The summed E-state index contributed by atoms with van der Waals surface area (Å²) in [5, 5.41) is 0. The molecular formula is C21H32N4O2. The molecule has 6 nitrogen and oxygen atoms in total. The lowest BCUT2D eigenvalue weighted by Crippen LogP contribution is -2.49. The first-order valence-corrected chi connectivity index (χ1v) is 10.1. The van der Waals surface area contributed by atoms with Gasteiger partial charge >= 0.3 is 0 Å². The van der Waals surface area contributed by atoms with Crippen LogP contribution in [0.4, 0.5) is 11.4 Å². The fourth-order valence-corrected chi connectivity index (χ4v) is 4.12. The first-order chi connectivity index (χ1) is 12.9. The second-order valence-electron chi connectivity index (χ2n) is 7.68. The number of hydrogen-bond donors (Lipinski definition) is 0. The van der Waals surface area contributed by atoms with Crippen molar-refractivity contribution in [2.24, 2.45) is 5.92 Å². The van der Waals surface area contributed by atoms with Crippen LogP contribution in [0.5, 0.6) is 0 Å². The third-order valence-electron chi connectivity index (χ3n) is 5.89. The lowest BCUT2D eigenvalue weighted by Gasteiger charge is -2.33. The van der Waals surface area contributed by atoms with Crippen molar-refractivity contribution in [2.45, 2.75) is 27.2 Å². The molecule has 2 aliphatic rings. The molecule has 0 saturated carbocycles. The van der Waals surface area contributed by atoms with Crippen LogP contribution in [0.3, 0.4) is 0 Å². The number of amides is 2. The molecule has 0 radical (unpaired) electrons. The molecule has 0 aromatic heterocycles. The molecule has 1 aromatic carbocycles. The zero-order chi connectivity index (χ0) is 19.6. The fraction of sp³-hybridized carbons (Fsp3) is 0.619. The molecular weight excluding hydrogens is 340 g/mol. The van der Waals surface area contributed by atoms with Crippen molar-refractivity contribution in [1.82, 2.24) is 9.80 Å². The number of benzene rings is 1. The van der Waals surface area contributed by atoms with E-state index in [1.54, 1.807) is 4.90 Å². The normalized spacial score (nSPS) is 21.0. The fourth-order valence-electron chi connectivity index (χ4n) is 4.12. The molecule has 1 unspecified atom stereocenters. The lowest BCUT2D eigenvalue weighted by atomic mass is 10.1. The molecule has 6 heteroatoms. The van der Waals surface area contributed by atoms with Crippen LogP contribution in [0.25, 0.3) is 0 Å². The number of likely N-dealkylation sites (N-methyl/N-ethyl adjacent to an activating group) is 1. The molecule has 2 saturated heterocycles. The molecule has 1 aromatic rings. The molecule has 1 atom stereocenters. The van der Waals surface area contributed by atoms with Gasteiger partial charge in [-0.2, -0.15) is 0 Å². The van der Waals surface area contributed by atoms with E-state index in [0.717, 1.165) is 50.5 Å². The predicted octanol–water partition coefficient (Wildman–Crippen LogP) is 1.97. The predicted molar refractivity (Wildman–Crippen MR) is 109 cm³/mol. The Morgan fingerprint density at radius 2 is 1.81 bits per heavy atom. The van der Waals surface area contributed by atoms with Gasteiger partial charge in [0.25, 0.3) is 0 Å². The number of anilines is 2. The van der Waals surface area contributed by atoms with E-state index in [2.05, 4.69) is 42.8 Å². The zero-order valence-corrected chi connectivity index (χ0v) is 17.1. The molecule has 0 aliphatic carbocycles. The van der Waals surface area contributed by atoms with Gasteiger partial charge in [-0.1, -0.05) is 0 Å². The van der Waals surface area contributed by atoms with E-state index in [-0.39, 0.29) is 17.7 Å². The molecule has 3 rings (SSSR count).